The number of aryl methyl sites for hydroxylation is 1. The number of rotatable bonds is 11. The van der Waals surface area contributed by atoms with Gasteiger partial charge in [-0.1, -0.05) is 48.5 Å². The number of aromatic nitrogens is 3. The molecule has 0 atom stereocenters. The van der Waals surface area contributed by atoms with Crippen LogP contribution in [0.25, 0.3) is 10.9 Å². The summed E-state index contributed by atoms with van der Waals surface area (Å²) in [5.41, 5.74) is 2.33. The number of hydrogen-bond acceptors (Lipinski definition) is 4. The van der Waals surface area contributed by atoms with E-state index in [4.69, 9.17) is 0 Å². The van der Waals surface area contributed by atoms with Crippen molar-refractivity contribution in [2.24, 2.45) is 0 Å². The summed E-state index contributed by atoms with van der Waals surface area (Å²) in [6.07, 6.45) is 10.5. The van der Waals surface area contributed by atoms with Crippen molar-refractivity contribution >= 4 is 22.7 Å². The third kappa shape index (κ3) is 6.23. The quantitative estimate of drug-likeness (QED) is 0.292. The highest BCUT2D eigenvalue weighted by Crippen LogP contribution is 2.31. The Morgan fingerprint density at radius 1 is 1.08 bits per heavy atom. The molecule has 0 saturated carbocycles. The molecule has 204 valence electrons. The van der Waals surface area contributed by atoms with E-state index in [0.717, 1.165) is 48.1 Å². The molecule has 3 heterocycles. The number of carbonyl (C=O) groups is 2. The van der Waals surface area contributed by atoms with Crippen molar-refractivity contribution in [3.63, 3.8) is 0 Å². The molecule has 1 fully saturated rings. The summed E-state index contributed by atoms with van der Waals surface area (Å²) in [7, 11) is 2.08. The number of piperidine rings is 1. The van der Waals surface area contributed by atoms with Gasteiger partial charge in [-0.2, -0.15) is 0 Å². The van der Waals surface area contributed by atoms with Gasteiger partial charge in [-0.25, -0.2) is 4.98 Å². The molecule has 2 aromatic heterocycles. The predicted molar refractivity (Wildman–Crippen MR) is 153 cm³/mol. The Bertz CT molecular complexity index is 1360. The molecule has 39 heavy (non-hydrogen) atoms. The number of benzene rings is 2. The molecule has 4 aromatic rings. The molecule has 2 amide bonds. The molecule has 0 bridgehead atoms. The van der Waals surface area contributed by atoms with Crippen molar-refractivity contribution in [2.75, 3.05) is 33.2 Å². The van der Waals surface area contributed by atoms with Crippen molar-refractivity contribution in [1.82, 2.24) is 29.7 Å². The Balaban J connectivity index is 1.38. The minimum Gasteiger partial charge on any atom is -0.361 e. The summed E-state index contributed by atoms with van der Waals surface area (Å²) < 4.78 is 2.01. The summed E-state index contributed by atoms with van der Waals surface area (Å²) in [6, 6.07) is 18.0. The topological polar surface area (TPSA) is 86.3 Å². The SMILES string of the molecule is CN1CCC(C(=O)NCCCn2ccnc2)(N(CCc2c[nH]c3ccccc23)C(=O)Cc2ccccc2)CC1. The van der Waals surface area contributed by atoms with E-state index in [0.29, 0.717) is 32.4 Å². The Morgan fingerprint density at radius 3 is 2.62 bits per heavy atom. The van der Waals surface area contributed by atoms with Crippen LogP contribution < -0.4 is 5.32 Å². The molecule has 1 saturated heterocycles. The highest BCUT2D eigenvalue weighted by Gasteiger charge is 2.47. The molecular formula is C31H38N6O2. The lowest BCUT2D eigenvalue weighted by Gasteiger charge is -2.47. The molecule has 1 aliphatic rings. The number of H-pyrrole nitrogens is 1. The van der Waals surface area contributed by atoms with Gasteiger partial charge in [0.25, 0.3) is 0 Å². The fourth-order valence-corrected chi connectivity index (χ4v) is 5.67. The molecule has 5 rings (SSSR count). The summed E-state index contributed by atoms with van der Waals surface area (Å²) in [4.78, 5) is 39.6. The number of nitrogens with zero attached hydrogens (tertiary/aromatic N) is 4. The number of fused-ring (bicyclic) bond motifs is 1. The average molecular weight is 527 g/mol. The van der Waals surface area contributed by atoms with E-state index < -0.39 is 5.54 Å². The zero-order chi connectivity index (χ0) is 27.1. The Kier molecular flexibility index (Phi) is 8.42. The third-order valence-corrected chi connectivity index (χ3v) is 7.97. The van der Waals surface area contributed by atoms with Crippen LogP contribution in [0.15, 0.2) is 79.5 Å². The molecule has 2 aromatic carbocycles. The van der Waals surface area contributed by atoms with Crippen molar-refractivity contribution in [3.05, 3.63) is 90.6 Å². The third-order valence-electron chi connectivity index (χ3n) is 7.97. The Labute approximate surface area is 230 Å². The number of likely N-dealkylation sites (tertiary alicyclic amines) is 1. The number of amides is 2. The number of aromatic amines is 1. The van der Waals surface area contributed by atoms with E-state index in [1.54, 1.807) is 12.5 Å². The highest BCUT2D eigenvalue weighted by molar-refractivity contribution is 5.92. The minimum atomic E-state index is -0.876. The van der Waals surface area contributed by atoms with Gasteiger partial charge in [-0.3, -0.25) is 9.59 Å². The predicted octanol–water partition coefficient (Wildman–Crippen LogP) is 3.65. The number of imidazole rings is 1. The van der Waals surface area contributed by atoms with Gasteiger partial charge in [0, 0.05) is 62.2 Å². The molecule has 0 aliphatic carbocycles. The number of hydrogen-bond donors (Lipinski definition) is 2. The van der Waals surface area contributed by atoms with Crippen LogP contribution in [-0.2, 0) is 29.0 Å². The highest BCUT2D eigenvalue weighted by atomic mass is 16.2. The standard InChI is InChI=1S/C31H38N6O2/c1-35-19-13-31(14-20-35,30(39)33-15-7-17-36-21-16-32-24-36)37(29(38)22-25-8-3-2-4-9-25)18-12-26-23-34-28-11-6-5-10-27(26)28/h2-6,8-11,16,21,23-24,34H,7,12-15,17-20,22H2,1H3,(H,33,39). The second kappa shape index (κ2) is 12.3. The van der Waals surface area contributed by atoms with E-state index in [1.807, 2.05) is 64.3 Å². The minimum absolute atomic E-state index is 0.000778. The van der Waals surface area contributed by atoms with Crippen LogP contribution in [0.3, 0.4) is 0 Å². The van der Waals surface area contributed by atoms with Crippen molar-refractivity contribution in [1.29, 1.82) is 0 Å². The zero-order valence-electron chi connectivity index (χ0n) is 22.7. The monoisotopic (exact) mass is 526 g/mol. The van der Waals surface area contributed by atoms with Gasteiger partial charge >= 0.3 is 0 Å². The van der Waals surface area contributed by atoms with Gasteiger partial charge in [-0.15, -0.1) is 0 Å². The summed E-state index contributed by atoms with van der Waals surface area (Å²) >= 11 is 0. The van der Waals surface area contributed by atoms with Crippen LogP contribution in [0.4, 0.5) is 0 Å². The number of para-hydroxylation sites is 1. The summed E-state index contributed by atoms with van der Waals surface area (Å²) in [5, 5.41) is 4.36. The van der Waals surface area contributed by atoms with Crippen molar-refractivity contribution in [2.45, 2.75) is 44.2 Å². The van der Waals surface area contributed by atoms with Gasteiger partial charge in [0.1, 0.15) is 5.54 Å². The largest absolute Gasteiger partial charge is 0.361 e. The molecule has 8 nitrogen and oxygen atoms in total. The molecule has 0 unspecified atom stereocenters. The lowest BCUT2D eigenvalue weighted by Crippen LogP contribution is -2.65. The Hall–Kier alpha value is -3.91. The first-order chi connectivity index (χ1) is 19.0. The van der Waals surface area contributed by atoms with E-state index in [9.17, 15) is 9.59 Å². The van der Waals surface area contributed by atoms with Crippen LogP contribution in [0.5, 0.6) is 0 Å². The summed E-state index contributed by atoms with van der Waals surface area (Å²) in [5.74, 6) is -0.0410. The molecular weight excluding hydrogens is 488 g/mol. The number of carbonyl (C=O) groups excluding carboxylic acids is 2. The van der Waals surface area contributed by atoms with Crippen LogP contribution in [0.2, 0.25) is 0 Å². The average Bonchev–Trinajstić information content (AvgIpc) is 3.63. The first-order valence-corrected chi connectivity index (χ1v) is 13.9. The molecule has 1 aliphatic heterocycles. The number of nitrogens with one attached hydrogen (secondary N) is 2. The van der Waals surface area contributed by atoms with Gasteiger partial charge in [0.15, 0.2) is 0 Å². The Morgan fingerprint density at radius 2 is 1.85 bits per heavy atom. The second-order valence-electron chi connectivity index (χ2n) is 10.6. The second-order valence-corrected chi connectivity index (χ2v) is 10.6. The van der Waals surface area contributed by atoms with Crippen molar-refractivity contribution in [3.8, 4) is 0 Å². The fraction of sp³-hybridized carbons (Fsp3) is 0.387. The molecule has 2 N–H and O–H groups in total. The van der Waals surface area contributed by atoms with Crippen LogP contribution in [0.1, 0.15) is 30.4 Å². The van der Waals surface area contributed by atoms with E-state index in [-0.39, 0.29) is 18.2 Å². The van der Waals surface area contributed by atoms with E-state index >= 15 is 0 Å². The fourth-order valence-electron chi connectivity index (χ4n) is 5.67. The summed E-state index contributed by atoms with van der Waals surface area (Å²) in [6.45, 7) is 3.36. The molecule has 0 spiro atoms. The normalized spacial score (nSPS) is 15.3. The van der Waals surface area contributed by atoms with Crippen LogP contribution in [0, 0.1) is 0 Å². The van der Waals surface area contributed by atoms with E-state index in [2.05, 4.69) is 39.4 Å². The van der Waals surface area contributed by atoms with Gasteiger partial charge in [0.05, 0.1) is 12.7 Å². The van der Waals surface area contributed by atoms with Gasteiger partial charge in [-0.05, 0) is 49.9 Å². The first-order valence-electron chi connectivity index (χ1n) is 13.9. The smallest absolute Gasteiger partial charge is 0.246 e. The maximum absolute atomic E-state index is 14.0. The molecule has 8 heteroatoms. The van der Waals surface area contributed by atoms with Crippen molar-refractivity contribution < 1.29 is 9.59 Å². The van der Waals surface area contributed by atoms with Crippen LogP contribution >= 0.6 is 0 Å². The zero-order valence-corrected chi connectivity index (χ0v) is 22.7. The maximum Gasteiger partial charge on any atom is 0.246 e. The van der Waals surface area contributed by atoms with E-state index in [1.165, 1.54) is 0 Å². The van der Waals surface area contributed by atoms with Crippen LogP contribution in [-0.4, -0.2) is 74.9 Å². The lowest BCUT2D eigenvalue weighted by molar-refractivity contribution is -0.151. The first kappa shape index (κ1) is 26.7. The van der Waals surface area contributed by atoms with Gasteiger partial charge < -0.3 is 24.7 Å². The van der Waals surface area contributed by atoms with Gasteiger partial charge in [0.2, 0.25) is 11.8 Å². The lowest BCUT2D eigenvalue weighted by atomic mass is 9.83. The molecule has 0 radical (unpaired) electrons. The maximum atomic E-state index is 14.0.